The minimum atomic E-state index is -2.85. The van der Waals surface area contributed by atoms with E-state index in [1.54, 1.807) is 6.92 Å². The number of benzene rings is 1. The van der Waals surface area contributed by atoms with Crippen LogP contribution in [0.25, 0.3) is 0 Å². The monoisotopic (exact) mass is 199 g/mol. The number of isocyanates is 1. The summed E-state index contributed by atoms with van der Waals surface area (Å²) in [5.74, 6) is 0.0438. The Hall–Kier alpha value is -1.74. The number of hydrogen-bond acceptors (Lipinski definition) is 3. The van der Waals surface area contributed by atoms with Gasteiger partial charge in [-0.05, 0) is 30.7 Å². The number of ether oxygens (including phenoxy) is 1. The molecule has 1 aromatic carbocycles. The lowest BCUT2D eigenvalue weighted by atomic mass is 10.2. The second-order valence-electron chi connectivity index (χ2n) is 2.53. The van der Waals surface area contributed by atoms with Gasteiger partial charge in [0.25, 0.3) is 0 Å². The van der Waals surface area contributed by atoms with Crippen LogP contribution in [0, 0.1) is 6.92 Å². The van der Waals surface area contributed by atoms with Crippen LogP contribution in [0.4, 0.5) is 14.5 Å². The first-order valence-corrected chi connectivity index (χ1v) is 3.77. The average molecular weight is 199 g/mol. The van der Waals surface area contributed by atoms with Crippen molar-refractivity contribution in [2.45, 2.75) is 13.5 Å². The van der Waals surface area contributed by atoms with Crippen LogP contribution in [0.3, 0.4) is 0 Å². The zero-order chi connectivity index (χ0) is 10.6. The molecule has 0 unspecified atom stereocenters. The molecule has 0 N–H and O–H groups in total. The Balaban J connectivity index is 2.94. The van der Waals surface area contributed by atoms with Crippen molar-refractivity contribution >= 4 is 11.8 Å². The largest absolute Gasteiger partial charge is 0.435 e. The van der Waals surface area contributed by atoms with Crippen LogP contribution < -0.4 is 4.74 Å². The molecule has 3 nitrogen and oxygen atoms in total. The van der Waals surface area contributed by atoms with Crippen LogP contribution in [0.5, 0.6) is 5.75 Å². The first-order valence-electron chi connectivity index (χ1n) is 3.77. The van der Waals surface area contributed by atoms with E-state index in [1.165, 1.54) is 24.3 Å². The van der Waals surface area contributed by atoms with Crippen molar-refractivity contribution in [2.24, 2.45) is 4.99 Å². The standard InChI is InChI=1S/C9H7F2NO2/c1-6-4-7(14-9(10)11)2-3-8(6)12-5-13/h2-4,9H,1H3. The lowest BCUT2D eigenvalue weighted by molar-refractivity contribution is -0.0498. The summed E-state index contributed by atoms with van der Waals surface area (Å²) in [6.45, 7) is -1.22. The molecule has 0 saturated carbocycles. The van der Waals surface area contributed by atoms with Gasteiger partial charge in [0.05, 0.1) is 5.69 Å². The summed E-state index contributed by atoms with van der Waals surface area (Å²) in [7, 11) is 0. The fourth-order valence-electron chi connectivity index (χ4n) is 0.979. The molecule has 0 atom stereocenters. The second-order valence-corrected chi connectivity index (χ2v) is 2.53. The molecule has 0 fully saturated rings. The summed E-state index contributed by atoms with van der Waals surface area (Å²) in [6, 6.07) is 4.11. The van der Waals surface area contributed by atoms with E-state index >= 15 is 0 Å². The van der Waals surface area contributed by atoms with E-state index in [-0.39, 0.29) is 5.75 Å². The van der Waals surface area contributed by atoms with E-state index in [1.807, 2.05) is 0 Å². The maximum Gasteiger partial charge on any atom is 0.387 e. The highest BCUT2D eigenvalue weighted by atomic mass is 19.3. The minimum Gasteiger partial charge on any atom is -0.435 e. The first-order chi connectivity index (χ1) is 6.63. The number of alkyl halides is 2. The van der Waals surface area contributed by atoms with Crippen molar-refractivity contribution in [1.29, 1.82) is 0 Å². The first kappa shape index (κ1) is 10.3. The van der Waals surface area contributed by atoms with Gasteiger partial charge in [0.2, 0.25) is 6.08 Å². The third kappa shape index (κ3) is 2.64. The normalized spacial score (nSPS) is 9.71. The smallest absolute Gasteiger partial charge is 0.387 e. The lowest BCUT2D eigenvalue weighted by Gasteiger charge is -2.05. The average Bonchev–Trinajstić information content (AvgIpc) is 2.09. The van der Waals surface area contributed by atoms with E-state index < -0.39 is 6.61 Å². The molecule has 0 aliphatic carbocycles. The molecule has 0 radical (unpaired) electrons. The topological polar surface area (TPSA) is 38.7 Å². The van der Waals surface area contributed by atoms with Crippen LogP contribution in [-0.2, 0) is 4.79 Å². The lowest BCUT2D eigenvalue weighted by Crippen LogP contribution is -2.01. The third-order valence-electron chi connectivity index (χ3n) is 1.56. The van der Waals surface area contributed by atoms with Gasteiger partial charge in [0.1, 0.15) is 5.75 Å². The zero-order valence-electron chi connectivity index (χ0n) is 7.33. The van der Waals surface area contributed by atoms with Gasteiger partial charge < -0.3 is 4.74 Å². The van der Waals surface area contributed by atoms with E-state index in [9.17, 15) is 13.6 Å². The number of nitrogens with zero attached hydrogens (tertiary/aromatic N) is 1. The van der Waals surface area contributed by atoms with Crippen LogP contribution in [0.15, 0.2) is 23.2 Å². The minimum absolute atomic E-state index is 0.0438. The van der Waals surface area contributed by atoms with Crippen LogP contribution in [-0.4, -0.2) is 12.7 Å². The predicted octanol–water partition coefficient (Wildman–Crippen LogP) is 2.56. The zero-order valence-corrected chi connectivity index (χ0v) is 7.33. The van der Waals surface area contributed by atoms with E-state index in [0.717, 1.165) is 0 Å². The van der Waals surface area contributed by atoms with E-state index in [2.05, 4.69) is 9.73 Å². The second kappa shape index (κ2) is 4.48. The number of aliphatic imine (C=N–C) groups is 1. The Bertz CT molecular complexity index is 373. The molecular formula is C9H7F2NO2. The quantitative estimate of drug-likeness (QED) is 0.554. The molecule has 1 rings (SSSR count). The van der Waals surface area contributed by atoms with Gasteiger partial charge in [0.15, 0.2) is 0 Å². The van der Waals surface area contributed by atoms with Gasteiger partial charge in [-0.3, -0.25) is 0 Å². The molecule has 0 amide bonds. The molecule has 0 aliphatic rings. The molecule has 1 aromatic rings. The van der Waals surface area contributed by atoms with Crippen molar-refractivity contribution in [1.82, 2.24) is 0 Å². The van der Waals surface area contributed by atoms with Crippen molar-refractivity contribution in [2.75, 3.05) is 0 Å². The Morgan fingerprint density at radius 3 is 2.71 bits per heavy atom. The summed E-state index contributed by atoms with van der Waals surface area (Å²) >= 11 is 0. The van der Waals surface area contributed by atoms with Gasteiger partial charge in [-0.1, -0.05) is 0 Å². The molecule has 14 heavy (non-hydrogen) atoms. The molecule has 74 valence electrons. The van der Waals surface area contributed by atoms with E-state index in [0.29, 0.717) is 11.3 Å². The fraction of sp³-hybridized carbons (Fsp3) is 0.222. The van der Waals surface area contributed by atoms with Crippen molar-refractivity contribution < 1.29 is 18.3 Å². The number of aryl methyl sites for hydroxylation is 1. The number of hydrogen-bond donors (Lipinski definition) is 0. The summed E-state index contributed by atoms with van der Waals surface area (Å²) < 4.78 is 27.7. The number of halogens is 2. The molecule has 0 bridgehead atoms. The van der Waals surface area contributed by atoms with Gasteiger partial charge in [0, 0.05) is 0 Å². The molecule has 0 aromatic heterocycles. The maximum atomic E-state index is 11.8. The molecule has 5 heteroatoms. The van der Waals surface area contributed by atoms with Gasteiger partial charge in [-0.25, -0.2) is 4.79 Å². The predicted molar refractivity (Wildman–Crippen MR) is 45.6 cm³/mol. The van der Waals surface area contributed by atoms with Gasteiger partial charge >= 0.3 is 6.61 Å². The highest BCUT2D eigenvalue weighted by molar-refractivity contribution is 5.55. The van der Waals surface area contributed by atoms with Crippen molar-refractivity contribution in [3.05, 3.63) is 23.8 Å². The number of carbonyl (C=O) groups excluding carboxylic acids is 1. The van der Waals surface area contributed by atoms with Crippen molar-refractivity contribution in [3.8, 4) is 5.75 Å². The van der Waals surface area contributed by atoms with E-state index in [4.69, 9.17) is 0 Å². The fourth-order valence-corrected chi connectivity index (χ4v) is 0.979. The SMILES string of the molecule is Cc1cc(OC(F)F)ccc1N=C=O. The van der Waals surface area contributed by atoms with Crippen LogP contribution in [0.2, 0.25) is 0 Å². The Morgan fingerprint density at radius 1 is 1.50 bits per heavy atom. The molecule has 0 aliphatic heterocycles. The summed E-state index contributed by atoms with van der Waals surface area (Å²) in [4.78, 5) is 13.3. The van der Waals surface area contributed by atoms with Crippen LogP contribution in [0.1, 0.15) is 5.56 Å². The molecule has 0 heterocycles. The highest BCUT2D eigenvalue weighted by Gasteiger charge is 2.05. The summed E-state index contributed by atoms with van der Waals surface area (Å²) in [6.07, 6.45) is 1.37. The van der Waals surface area contributed by atoms with Crippen molar-refractivity contribution in [3.63, 3.8) is 0 Å². The van der Waals surface area contributed by atoms with Gasteiger partial charge in [-0.2, -0.15) is 13.8 Å². The third-order valence-corrected chi connectivity index (χ3v) is 1.56. The molecule has 0 saturated heterocycles. The van der Waals surface area contributed by atoms with Crippen LogP contribution >= 0.6 is 0 Å². The molecule has 0 spiro atoms. The Morgan fingerprint density at radius 2 is 2.21 bits per heavy atom. The highest BCUT2D eigenvalue weighted by Crippen LogP contribution is 2.24. The van der Waals surface area contributed by atoms with Gasteiger partial charge in [-0.15, -0.1) is 0 Å². The Kier molecular flexibility index (Phi) is 3.31. The maximum absolute atomic E-state index is 11.8. The Labute approximate surface area is 79.0 Å². The molecular weight excluding hydrogens is 192 g/mol. The summed E-state index contributed by atoms with van der Waals surface area (Å²) in [5.41, 5.74) is 0.966. The summed E-state index contributed by atoms with van der Waals surface area (Å²) in [5, 5.41) is 0. The number of rotatable bonds is 3.